The Morgan fingerprint density at radius 3 is 2.42 bits per heavy atom. The van der Waals surface area contributed by atoms with Crippen LogP contribution in [0.25, 0.3) is 6.08 Å². The average molecular weight is 414 g/mol. The number of carboxylic acid groups (broad SMARTS) is 1. The first-order valence-corrected chi connectivity index (χ1v) is 9.80. The fourth-order valence-electron chi connectivity index (χ4n) is 3.70. The summed E-state index contributed by atoms with van der Waals surface area (Å²) in [6, 6.07) is 18.2. The van der Waals surface area contributed by atoms with E-state index in [4.69, 9.17) is 10.00 Å². The number of esters is 1. The van der Waals surface area contributed by atoms with Crippen LogP contribution >= 0.6 is 0 Å². The van der Waals surface area contributed by atoms with E-state index >= 15 is 0 Å². The molecule has 2 atom stereocenters. The van der Waals surface area contributed by atoms with E-state index in [0.717, 1.165) is 5.56 Å². The maximum absolute atomic E-state index is 13.0. The van der Waals surface area contributed by atoms with Crippen molar-refractivity contribution in [3.63, 3.8) is 0 Å². The van der Waals surface area contributed by atoms with Crippen LogP contribution in [-0.2, 0) is 14.3 Å². The van der Waals surface area contributed by atoms with Crippen molar-refractivity contribution in [1.82, 2.24) is 0 Å². The fraction of sp³-hybridized carbons (Fsp3) is 0.200. The van der Waals surface area contributed by atoms with Gasteiger partial charge in [-0.15, -0.1) is 0 Å². The molecule has 0 bridgehead atoms. The molecule has 0 radical (unpaired) electrons. The molecule has 0 aromatic heterocycles. The monoisotopic (exact) mass is 414 g/mol. The summed E-state index contributed by atoms with van der Waals surface area (Å²) in [4.78, 5) is 29.3. The predicted octanol–water partition coefficient (Wildman–Crippen LogP) is 4.35. The van der Waals surface area contributed by atoms with E-state index in [1.807, 2.05) is 42.5 Å². The van der Waals surface area contributed by atoms with Gasteiger partial charge in [0.2, 0.25) is 0 Å². The first kappa shape index (κ1) is 21.7. The highest BCUT2D eigenvalue weighted by Gasteiger charge is 2.41. The molecule has 0 aliphatic carbocycles. The molecule has 2 unspecified atom stereocenters. The number of rotatable bonds is 6. The molecular formula is C25H22N2O4. The van der Waals surface area contributed by atoms with E-state index in [0.29, 0.717) is 22.5 Å². The van der Waals surface area contributed by atoms with Gasteiger partial charge in [-0.2, -0.15) is 5.26 Å². The largest absolute Gasteiger partial charge is 0.481 e. The van der Waals surface area contributed by atoms with E-state index in [1.165, 1.54) is 0 Å². The SMILES string of the molecule is CC1=NC(C)=C(C(=O)OCC=Cc2ccccc2)C(c2ccc(C#N)cc2)C1C(=O)O. The molecule has 0 fully saturated rings. The number of nitrogens with zero attached hydrogens (tertiary/aromatic N) is 2. The molecule has 1 aliphatic rings. The van der Waals surface area contributed by atoms with E-state index < -0.39 is 23.8 Å². The van der Waals surface area contributed by atoms with Crippen molar-refractivity contribution >= 4 is 23.7 Å². The van der Waals surface area contributed by atoms with Crippen molar-refractivity contribution in [2.75, 3.05) is 6.61 Å². The summed E-state index contributed by atoms with van der Waals surface area (Å²) in [6.07, 6.45) is 3.57. The van der Waals surface area contributed by atoms with Gasteiger partial charge in [0.05, 0.1) is 17.2 Å². The Kier molecular flexibility index (Phi) is 6.78. The number of carbonyl (C=O) groups excluding carboxylic acids is 1. The van der Waals surface area contributed by atoms with E-state index in [9.17, 15) is 14.7 Å². The zero-order chi connectivity index (χ0) is 22.4. The predicted molar refractivity (Wildman–Crippen MR) is 117 cm³/mol. The van der Waals surface area contributed by atoms with Gasteiger partial charge in [0.15, 0.2) is 0 Å². The average Bonchev–Trinajstić information content (AvgIpc) is 2.76. The first-order chi connectivity index (χ1) is 14.9. The second kappa shape index (κ2) is 9.68. The maximum atomic E-state index is 13.0. The third kappa shape index (κ3) is 4.96. The summed E-state index contributed by atoms with van der Waals surface area (Å²) in [6.45, 7) is 3.36. The number of allylic oxidation sites excluding steroid dienone is 1. The molecule has 1 N–H and O–H groups in total. The van der Waals surface area contributed by atoms with Crippen LogP contribution in [0.3, 0.4) is 0 Å². The van der Waals surface area contributed by atoms with Crippen LogP contribution in [0.15, 0.2) is 76.9 Å². The second-order valence-electron chi connectivity index (χ2n) is 7.19. The lowest BCUT2D eigenvalue weighted by molar-refractivity contribution is -0.140. The van der Waals surface area contributed by atoms with Gasteiger partial charge in [-0.1, -0.05) is 48.5 Å². The molecular weight excluding hydrogens is 392 g/mol. The summed E-state index contributed by atoms with van der Waals surface area (Å²) >= 11 is 0. The van der Waals surface area contributed by atoms with Crippen LogP contribution in [0.4, 0.5) is 0 Å². The van der Waals surface area contributed by atoms with Crippen LogP contribution in [0, 0.1) is 17.2 Å². The molecule has 0 saturated carbocycles. The van der Waals surface area contributed by atoms with Gasteiger partial charge in [0, 0.05) is 17.3 Å². The van der Waals surface area contributed by atoms with Crippen molar-refractivity contribution in [3.05, 3.63) is 88.6 Å². The summed E-state index contributed by atoms with van der Waals surface area (Å²) in [5.74, 6) is -3.43. The number of aliphatic carboxylic acids is 1. The summed E-state index contributed by atoms with van der Waals surface area (Å²) in [5.41, 5.74) is 3.12. The van der Waals surface area contributed by atoms with E-state index in [-0.39, 0.29) is 12.2 Å². The lowest BCUT2D eigenvalue weighted by Crippen LogP contribution is -2.35. The zero-order valence-corrected chi connectivity index (χ0v) is 17.3. The van der Waals surface area contributed by atoms with E-state index in [1.54, 1.807) is 44.2 Å². The third-order valence-electron chi connectivity index (χ3n) is 5.13. The van der Waals surface area contributed by atoms with Crippen LogP contribution in [0.1, 0.15) is 36.5 Å². The van der Waals surface area contributed by atoms with Gasteiger partial charge in [0.25, 0.3) is 0 Å². The molecule has 2 aromatic carbocycles. The highest BCUT2D eigenvalue weighted by atomic mass is 16.5. The van der Waals surface area contributed by atoms with Crippen molar-refractivity contribution in [2.24, 2.45) is 10.9 Å². The van der Waals surface area contributed by atoms with Gasteiger partial charge in [-0.25, -0.2) is 4.79 Å². The summed E-state index contributed by atoms with van der Waals surface area (Å²) in [7, 11) is 0. The Morgan fingerprint density at radius 2 is 1.81 bits per heavy atom. The topological polar surface area (TPSA) is 99.8 Å². The molecule has 156 valence electrons. The number of ether oxygens (including phenoxy) is 1. The van der Waals surface area contributed by atoms with Crippen molar-refractivity contribution in [3.8, 4) is 6.07 Å². The molecule has 3 rings (SSSR count). The molecule has 1 aliphatic heterocycles. The Balaban J connectivity index is 1.88. The van der Waals surface area contributed by atoms with Crippen LogP contribution in [0.5, 0.6) is 0 Å². The van der Waals surface area contributed by atoms with Gasteiger partial charge < -0.3 is 9.84 Å². The number of carbonyl (C=O) groups is 2. The Morgan fingerprint density at radius 1 is 1.13 bits per heavy atom. The first-order valence-electron chi connectivity index (χ1n) is 9.80. The van der Waals surface area contributed by atoms with Gasteiger partial charge in [-0.3, -0.25) is 9.79 Å². The van der Waals surface area contributed by atoms with Gasteiger partial charge in [-0.05, 0) is 43.2 Å². The van der Waals surface area contributed by atoms with Crippen LogP contribution in [0.2, 0.25) is 0 Å². The van der Waals surface area contributed by atoms with Crippen molar-refractivity contribution < 1.29 is 19.4 Å². The molecule has 6 nitrogen and oxygen atoms in total. The third-order valence-corrected chi connectivity index (χ3v) is 5.13. The number of hydrogen-bond acceptors (Lipinski definition) is 5. The van der Waals surface area contributed by atoms with E-state index in [2.05, 4.69) is 4.99 Å². The molecule has 0 amide bonds. The van der Waals surface area contributed by atoms with Crippen LogP contribution in [-0.4, -0.2) is 29.4 Å². The Bertz CT molecular complexity index is 1110. The molecule has 1 heterocycles. The quantitative estimate of drug-likeness (QED) is 0.709. The standard InChI is InChI=1S/C25H22N2O4/c1-16-21(24(28)29)23(20-12-10-19(15-26)11-13-20)22(17(2)27-16)25(30)31-14-6-9-18-7-4-3-5-8-18/h3-13,21,23H,14H2,1-2H3,(H,28,29). The molecule has 31 heavy (non-hydrogen) atoms. The highest BCUT2D eigenvalue weighted by molar-refractivity contribution is 6.06. The smallest absolute Gasteiger partial charge is 0.336 e. The van der Waals surface area contributed by atoms with Gasteiger partial charge in [0.1, 0.15) is 12.5 Å². The minimum absolute atomic E-state index is 0.0467. The number of hydrogen-bond donors (Lipinski definition) is 1. The Hall–Kier alpha value is -3.98. The molecule has 0 spiro atoms. The van der Waals surface area contributed by atoms with Crippen molar-refractivity contribution in [2.45, 2.75) is 19.8 Å². The van der Waals surface area contributed by atoms with Crippen molar-refractivity contribution in [1.29, 1.82) is 5.26 Å². The molecule has 6 heteroatoms. The maximum Gasteiger partial charge on any atom is 0.336 e. The molecule has 0 saturated heterocycles. The summed E-state index contributed by atoms with van der Waals surface area (Å²) < 4.78 is 5.44. The fourth-order valence-corrected chi connectivity index (χ4v) is 3.70. The summed E-state index contributed by atoms with van der Waals surface area (Å²) in [5, 5.41) is 18.9. The van der Waals surface area contributed by atoms with Crippen LogP contribution < -0.4 is 0 Å². The minimum atomic E-state index is -1.07. The van der Waals surface area contributed by atoms with Gasteiger partial charge >= 0.3 is 11.9 Å². The number of carboxylic acids is 1. The number of aliphatic imine (C=N–C) groups is 1. The number of nitriles is 1. The lowest BCUT2D eigenvalue weighted by Gasteiger charge is -2.30. The second-order valence-corrected chi connectivity index (χ2v) is 7.19. The number of benzene rings is 2. The highest BCUT2D eigenvalue weighted by Crippen LogP contribution is 2.39. The normalized spacial score (nSPS) is 18.4. The molecule has 2 aromatic rings. The minimum Gasteiger partial charge on any atom is -0.481 e. The zero-order valence-electron chi connectivity index (χ0n) is 17.3. The Labute approximate surface area is 180 Å². The lowest BCUT2D eigenvalue weighted by atomic mass is 9.75.